The van der Waals surface area contributed by atoms with E-state index in [0.717, 1.165) is 25.4 Å². The molecule has 0 radical (unpaired) electrons. The molecule has 3 heteroatoms. The Morgan fingerprint density at radius 1 is 1.29 bits per heavy atom. The summed E-state index contributed by atoms with van der Waals surface area (Å²) in [5, 5.41) is 3.40. The predicted octanol–water partition coefficient (Wildman–Crippen LogP) is 2.51. The van der Waals surface area contributed by atoms with E-state index in [9.17, 15) is 0 Å². The second-order valence-corrected chi connectivity index (χ2v) is 5.88. The molecule has 0 amide bonds. The van der Waals surface area contributed by atoms with E-state index >= 15 is 0 Å². The average Bonchev–Trinajstić information content (AvgIpc) is 2.34. The van der Waals surface area contributed by atoms with Gasteiger partial charge in [0.05, 0.1) is 0 Å². The summed E-state index contributed by atoms with van der Waals surface area (Å²) in [5.74, 6) is 1.15. The highest BCUT2D eigenvalue weighted by atomic mass is 32.2. The van der Waals surface area contributed by atoms with E-state index in [4.69, 9.17) is 0 Å². The van der Waals surface area contributed by atoms with Gasteiger partial charge in [0.1, 0.15) is 0 Å². The van der Waals surface area contributed by atoms with Crippen LogP contribution in [0.3, 0.4) is 0 Å². The van der Waals surface area contributed by atoms with Crippen molar-refractivity contribution >= 4 is 11.8 Å². The Morgan fingerprint density at radius 3 is 2.76 bits per heavy atom. The van der Waals surface area contributed by atoms with Crippen LogP contribution in [-0.4, -0.2) is 36.8 Å². The summed E-state index contributed by atoms with van der Waals surface area (Å²) in [7, 11) is 0. The van der Waals surface area contributed by atoms with E-state index < -0.39 is 0 Å². The highest BCUT2D eigenvalue weighted by molar-refractivity contribution is 7.99. The Kier molecular flexibility index (Phi) is 4.89. The largest absolute Gasteiger partial charge is 0.314 e. The summed E-state index contributed by atoms with van der Waals surface area (Å²) in [6.45, 7) is 10.1. The standard InChI is InChI=1S/C14H22N2S/c1-3-17-14-5-4-12(2)10-13(14)11-16-8-6-15-7-9-16/h4-5,10,15H,3,6-9,11H2,1-2H3. The van der Waals surface area contributed by atoms with Crippen molar-refractivity contribution in [2.75, 3.05) is 31.9 Å². The molecule has 1 aromatic rings. The molecule has 1 saturated heterocycles. The Bertz CT molecular complexity index is 359. The molecular formula is C14H22N2S. The highest BCUT2D eigenvalue weighted by Crippen LogP contribution is 2.24. The fraction of sp³-hybridized carbons (Fsp3) is 0.571. The van der Waals surface area contributed by atoms with Gasteiger partial charge in [-0.05, 0) is 24.3 Å². The summed E-state index contributed by atoms with van der Waals surface area (Å²) in [4.78, 5) is 4.00. The van der Waals surface area contributed by atoms with E-state index in [1.54, 1.807) is 0 Å². The SMILES string of the molecule is CCSc1ccc(C)cc1CN1CCNCC1. The van der Waals surface area contributed by atoms with E-state index in [2.05, 4.69) is 42.3 Å². The molecule has 1 fully saturated rings. The smallest absolute Gasteiger partial charge is 0.0246 e. The third kappa shape index (κ3) is 3.73. The molecular weight excluding hydrogens is 228 g/mol. The van der Waals surface area contributed by atoms with Gasteiger partial charge in [0.15, 0.2) is 0 Å². The minimum absolute atomic E-state index is 1.10. The van der Waals surface area contributed by atoms with Gasteiger partial charge in [-0.1, -0.05) is 24.6 Å². The molecule has 0 unspecified atom stereocenters. The molecule has 0 saturated carbocycles. The fourth-order valence-electron chi connectivity index (χ4n) is 2.24. The maximum absolute atomic E-state index is 3.40. The lowest BCUT2D eigenvalue weighted by Crippen LogP contribution is -2.42. The zero-order valence-corrected chi connectivity index (χ0v) is 11.6. The number of piperazine rings is 1. The van der Waals surface area contributed by atoms with Crippen LogP contribution in [-0.2, 0) is 6.54 Å². The van der Waals surface area contributed by atoms with Crippen LogP contribution in [0.1, 0.15) is 18.1 Å². The number of hydrogen-bond donors (Lipinski definition) is 1. The molecule has 2 nitrogen and oxygen atoms in total. The van der Waals surface area contributed by atoms with Crippen LogP contribution >= 0.6 is 11.8 Å². The number of aryl methyl sites for hydroxylation is 1. The van der Waals surface area contributed by atoms with Gasteiger partial charge < -0.3 is 5.32 Å². The van der Waals surface area contributed by atoms with Crippen molar-refractivity contribution in [1.29, 1.82) is 0 Å². The number of thioether (sulfide) groups is 1. The molecule has 2 rings (SSSR count). The van der Waals surface area contributed by atoms with E-state index in [0.29, 0.717) is 0 Å². The normalized spacial score (nSPS) is 17.3. The van der Waals surface area contributed by atoms with E-state index in [1.807, 2.05) is 11.8 Å². The quantitative estimate of drug-likeness (QED) is 0.827. The number of benzene rings is 1. The molecule has 17 heavy (non-hydrogen) atoms. The topological polar surface area (TPSA) is 15.3 Å². The number of nitrogens with zero attached hydrogens (tertiary/aromatic N) is 1. The summed E-state index contributed by atoms with van der Waals surface area (Å²) >= 11 is 1.96. The maximum Gasteiger partial charge on any atom is 0.0246 e. The minimum Gasteiger partial charge on any atom is -0.314 e. The van der Waals surface area contributed by atoms with Crippen LogP contribution in [0.5, 0.6) is 0 Å². The molecule has 0 aliphatic carbocycles. The monoisotopic (exact) mass is 250 g/mol. The predicted molar refractivity (Wildman–Crippen MR) is 75.7 cm³/mol. The van der Waals surface area contributed by atoms with E-state index in [1.165, 1.54) is 29.1 Å². The van der Waals surface area contributed by atoms with Crippen LogP contribution in [0.25, 0.3) is 0 Å². The van der Waals surface area contributed by atoms with Gasteiger partial charge in [-0.3, -0.25) is 4.90 Å². The first-order valence-electron chi connectivity index (χ1n) is 6.45. The summed E-state index contributed by atoms with van der Waals surface area (Å²) < 4.78 is 0. The highest BCUT2D eigenvalue weighted by Gasteiger charge is 2.12. The van der Waals surface area contributed by atoms with Gasteiger partial charge in [-0.2, -0.15) is 0 Å². The molecule has 0 aromatic heterocycles. The summed E-state index contributed by atoms with van der Waals surface area (Å²) in [5.41, 5.74) is 2.87. The molecule has 1 N–H and O–H groups in total. The third-order valence-electron chi connectivity index (χ3n) is 3.12. The van der Waals surface area contributed by atoms with Crippen molar-refractivity contribution in [2.45, 2.75) is 25.3 Å². The van der Waals surface area contributed by atoms with Gasteiger partial charge >= 0.3 is 0 Å². The summed E-state index contributed by atoms with van der Waals surface area (Å²) in [6.07, 6.45) is 0. The molecule has 1 aliphatic heterocycles. The Morgan fingerprint density at radius 2 is 2.06 bits per heavy atom. The zero-order valence-electron chi connectivity index (χ0n) is 10.8. The first-order chi connectivity index (χ1) is 8.29. The first-order valence-corrected chi connectivity index (χ1v) is 7.43. The zero-order chi connectivity index (χ0) is 12.1. The second-order valence-electron chi connectivity index (χ2n) is 4.57. The van der Waals surface area contributed by atoms with Gasteiger partial charge in [0.2, 0.25) is 0 Å². The summed E-state index contributed by atoms with van der Waals surface area (Å²) in [6, 6.07) is 6.85. The molecule has 1 aromatic carbocycles. The van der Waals surface area contributed by atoms with Crippen LogP contribution < -0.4 is 5.32 Å². The van der Waals surface area contributed by atoms with Crippen molar-refractivity contribution in [2.24, 2.45) is 0 Å². The van der Waals surface area contributed by atoms with Crippen LogP contribution in [0.4, 0.5) is 0 Å². The van der Waals surface area contributed by atoms with Gasteiger partial charge in [-0.15, -0.1) is 11.8 Å². The van der Waals surface area contributed by atoms with Crippen LogP contribution in [0.2, 0.25) is 0 Å². The van der Waals surface area contributed by atoms with Crippen molar-refractivity contribution in [1.82, 2.24) is 10.2 Å². The van der Waals surface area contributed by atoms with Gasteiger partial charge in [0, 0.05) is 37.6 Å². The average molecular weight is 250 g/mol. The lowest BCUT2D eigenvalue weighted by atomic mass is 10.1. The number of hydrogen-bond acceptors (Lipinski definition) is 3. The van der Waals surface area contributed by atoms with Gasteiger partial charge in [-0.25, -0.2) is 0 Å². The van der Waals surface area contributed by atoms with Crippen molar-refractivity contribution in [3.05, 3.63) is 29.3 Å². The Labute approximate surface area is 109 Å². The van der Waals surface area contributed by atoms with Crippen LogP contribution in [0, 0.1) is 6.92 Å². The van der Waals surface area contributed by atoms with Crippen LogP contribution in [0.15, 0.2) is 23.1 Å². The first kappa shape index (κ1) is 12.9. The van der Waals surface area contributed by atoms with Crippen molar-refractivity contribution in [3.8, 4) is 0 Å². The van der Waals surface area contributed by atoms with Crippen molar-refractivity contribution in [3.63, 3.8) is 0 Å². The Balaban J connectivity index is 2.08. The Hall–Kier alpha value is -0.510. The molecule has 1 heterocycles. The molecule has 1 aliphatic rings. The lowest BCUT2D eigenvalue weighted by molar-refractivity contribution is 0.231. The number of nitrogens with one attached hydrogen (secondary N) is 1. The number of rotatable bonds is 4. The fourth-order valence-corrected chi connectivity index (χ4v) is 3.02. The molecule has 0 atom stereocenters. The minimum atomic E-state index is 1.10. The van der Waals surface area contributed by atoms with Crippen molar-refractivity contribution < 1.29 is 0 Å². The molecule has 0 spiro atoms. The second kappa shape index (κ2) is 6.43. The van der Waals surface area contributed by atoms with Gasteiger partial charge in [0.25, 0.3) is 0 Å². The maximum atomic E-state index is 3.40. The molecule has 0 bridgehead atoms. The third-order valence-corrected chi connectivity index (χ3v) is 4.12. The molecule has 94 valence electrons. The lowest BCUT2D eigenvalue weighted by Gasteiger charge is -2.28. The van der Waals surface area contributed by atoms with E-state index in [-0.39, 0.29) is 0 Å².